The van der Waals surface area contributed by atoms with E-state index in [2.05, 4.69) is 10.4 Å². The van der Waals surface area contributed by atoms with Gasteiger partial charge in [0.25, 0.3) is 0 Å². The molecule has 0 atom stereocenters. The minimum Gasteiger partial charge on any atom is -0.448 e. The average Bonchev–Trinajstić information content (AvgIpc) is 2.77. The largest absolute Gasteiger partial charge is 0.448 e. The Kier molecular flexibility index (Phi) is 2.51. The number of ether oxygens (including phenoxy) is 1. The number of hydrogen-bond donors (Lipinski definition) is 2. The Morgan fingerprint density at radius 3 is 3.21 bits per heavy atom. The molecular formula is C7H10N4O2S. The van der Waals surface area contributed by atoms with Gasteiger partial charge in [0.15, 0.2) is 5.13 Å². The van der Waals surface area contributed by atoms with Gasteiger partial charge in [-0.05, 0) is 0 Å². The summed E-state index contributed by atoms with van der Waals surface area (Å²) in [7, 11) is 0. The summed E-state index contributed by atoms with van der Waals surface area (Å²) < 4.78 is 4.80. The van der Waals surface area contributed by atoms with E-state index in [4.69, 9.17) is 10.6 Å². The number of nitrogens with zero attached hydrogens (tertiary/aromatic N) is 2. The smallest absolute Gasteiger partial charge is 0.410 e. The van der Waals surface area contributed by atoms with E-state index < -0.39 is 0 Å². The topological polar surface area (TPSA) is 80.5 Å². The number of carbonyl (C=O) groups is 1. The molecule has 14 heavy (non-hydrogen) atoms. The first-order chi connectivity index (χ1) is 6.79. The SMILES string of the molecule is NNc1ncc(CN2CCOC2=O)s1. The number of cyclic esters (lactones) is 1. The maximum absolute atomic E-state index is 11.1. The minimum absolute atomic E-state index is 0.263. The highest BCUT2D eigenvalue weighted by atomic mass is 32.1. The molecule has 1 aromatic rings. The average molecular weight is 214 g/mol. The zero-order valence-electron chi connectivity index (χ0n) is 7.40. The van der Waals surface area contributed by atoms with Gasteiger partial charge >= 0.3 is 6.09 Å². The lowest BCUT2D eigenvalue weighted by Gasteiger charge is -2.09. The van der Waals surface area contributed by atoms with Crippen molar-refractivity contribution in [3.05, 3.63) is 11.1 Å². The number of rotatable bonds is 3. The second-order valence-corrected chi connectivity index (χ2v) is 3.93. The van der Waals surface area contributed by atoms with Crippen molar-refractivity contribution in [1.82, 2.24) is 9.88 Å². The molecule has 2 rings (SSSR count). The number of nitrogens with two attached hydrogens (primary N) is 1. The summed E-state index contributed by atoms with van der Waals surface area (Å²) in [6.07, 6.45) is 1.44. The summed E-state index contributed by atoms with van der Waals surface area (Å²) in [5.41, 5.74) is 2.46. The fourth-order valence-corrected chi connectivity index (χ4v) is 1.94. The van der Waals surface area contributed by atoms with Crippen molar-refractivity contribution >= 4 is 22.6 Å². The molecule has 0 bridgehead atoms. The molecular weight excluding hydrogens is 204 g/mol. The molecule has 1 fully saturated rings. The number of amides is 1. The van der Waals surface area contributed by atoms with E-state index in [0.29, 0.717) is 24.8 Å². The van der Waals surface area contributed by atoms with Crippen molar-refractivity contribution in [3.63, 3.8) is 0 Å². The van der Waals surface area contributed by atoms with Crippen LogP contribution in [0.15, 0.2) is 6.20 Å². The third-order valence-corrected chi connectivity index (χ3v) is 2.78. The lowest BCUT2D eigenvalue weighted by molar-refractivity contribution is 0.157. The number of hydrazine groups is 1. The number of nitrogen functional groups attached to an aromatic ring is 1. The van der Waals surface area contributed by atoms with Crippen LogP contribution in [0.25, 0.3) is 0 Å². The van der Waals surface area contributed by atoms with Crippen molar-refractivity contribution in [2.75, 3.05) is 18.6 Å². The van der Waals surface area contributed by atoms with Crippen molar-refractivity contribution in [3.8, 4) is 0 Å². The van der Waals surface area contributed by atoms with Crippen LogP contribution < -0.4 is 11.3 Å². The van der Waals surface area contributed by atoms with Crippen LogP contribution in [0.5, 0.6) is 0 Å². The fourth-order valence-electron chi connectivity index (χ4n) is 1.20. The minimum atomic E-state index is -0.263. The maximum atomic E-state index is 11.1. The number of carbonyl (C=O) groups excluding carboxylic acids is 1. The molecule has 0 spiro atoms. The third-order valence-electron chi connectivity index (χ3n) is 1.87. The van der Waals surface area contributed by atoms with Crippen LogP contribution in [-0.2, 0) is 11.3 Å². The van der Waals surface area contributed by atoms with Gasteiger partial charge in [-0.15, -0.1) is 0 Å². The molecule has 1 aromatic heterocycles. The highest BCUT2D eigenvalue weighted by Gasteiger charge is 2.22. The molecule has 0 radical (unpaired) electrons. The Bertz CT molecular complexity index is 340. The predicted octanol–water partition coefficient (Wildman–Crippen LogP) is 0.381. The second kappa shape index (κ2) is 3.81. The Morgan fingerprint density at radius 2 is 2.64 bits per heavy atom. The van der Waals surface area contributed by atoms with Crippen molar-refractivity contribution < 1.29 is 9.53 Å². The normalized spacial score (nSPS) is 15.8. The molecule has 1 aliphatic heterocycles. The van der Waals surface area contributed by atoms with Crippen LogP contribution in [0, 0.1) is 0 Å². The molecule has 76 valence electrons. The molecule has 0 saturated carbocycles. The predicted molar refractivity (Wildman–Crippen MR) is 51.7 cm³/mol. The van der Waals surface area contributed by atoms with Gasteiger partial charge in [0.05, 0.1) is 13.1 Å². The monoisotopic (exact) mass is 214 g/mol. The molecule has 1 saturated heterocycles. The fraction of sp³-hybridized carbons (Fsp3) is 0.429. The van der Waals surface area contributed by atoms with Crippen LogP contribution in [0.2, 0.25) is 0 Å². The summed E-state index contributed by atoms with van der Waals surface area (Å²) in [6, 6.07) is 0. The van der Waals surface area contributed by atoms with Crippen LogP contribution in [-0.4, -0.2) is 29.1 Å². The lowest BCUT2D eigenvalue weighted by atomic mass is 10.5. The van der Waals surface area contributed by atoms with Gasteiger partial charge in [-0.1, -0.05) is 11.3 Å². The Hall–Kier alpha value is -1.34. The first-order valence-electron chi connectivity index (χ1n) is 4.12. The van der Waals surface area contributed by atoms with Crippen molar-refractivity contribution in [2.45, 2.75) is 6.54 Å². The van der Waals surface area contributed by atoms with Gasteiger partial charge in [0.2, 0.25) is 0 Å². The number of hydrogen-bond acceptors (Lipinski definition) is 6. The molecule has 3 N–H and O–H groups in total. The summed E-state index contributed by atoms with van der Waals surface area (Å²) in [5.74, 6) is 5.19. The molecule has 0 unspecified atom stereocenters. The van der Waals surface area contributed by atoms with Crippen LogP contribution in [0.4, 0.5) is 9.93 Å². The molecule has 7 heteroatoms. The molecule has 2 heterocycles. The highest BCUT2D eigenvalue weighted by Crippen LogP contribution is 2.19. The van der Waals surface area contributed by atoms with E-state index in [9.17, 15) is 4.79 Å². The molecule has 1 aliphatic rings. The van der Waals surface area contributed by atoms with E-state index in [-0.39, 0.29) is 6.09 Å². The highest BCUT2D eigenvalue weighted by molar-refractivity contribution is 7.15. The Labute approximate surface area is 84.6 Å². The first kappa shape index (κ1) is 9.22. The van der Waals surface area contributed by atoms with E-state index in [0.717, 1.165) is 4.88 Å². The summed E-state index contributed by atoms with van der Waals surface area (Å²) in [6.45, 7) is 1.65. The molecule has 6 nitrogen and oxygen atoms in total. The standard InChI is InChI=1S/C7H10N4O2S/c8-10-6-9-3-5(14-6)4-11-1-2-13-7(11)12/h3H,1-2,4,8H2,(H,9,10). The van der Waals surface area contributed by atoms with Gasteiger partial charge in [-0.25, -0.2) is 15.6 Å². The zero-order valence-corrected chi connectivity index (χ0v) is 8.21. The second-order valence-electron chi connectivity index (χ2n) is 2.81. The molecule has 0 aliphatic carbocycles. The van der Waals surface area contributed by atoms with E-state index in [1.807, 2.05) is 0 Å². The van der Waals surface area contributed by atoms with Crippen LogP contribution in [0.3, 0.4) is 0 Å². The number of nitrogens with one attached hydrogen (secondary N) is 1. The van der Waals surface area contributed by atoms with Crippen LogP contribution >= 0.6 is 11.3 Å². The lowest BCUT2D eigenvalue weighted by Crippen LogP contribution is -2.22. The van der Waals surface area contributed by atoms with Gasteiger partial charge < -0.3 is 4.74 Å². The van der Waals surface area contributed by atoms with Gasteiger partial charge in [0, 0.05) is 11.1 Å². The van der Waals surface area contributed by atoms with E-state index in [1.54, 1.807) is 11.1 Å². The van der Waals surface area contributed by atoms with Gasteiger partial charge in [-0.3, -0.25) is 10.3 Å². The van der Waals surface area contributed by atoms with Gasteiger partial charge in [-0.2, -0.15) is 0 Å². The van der Waals surface area contributed by atoms with Crippen molar-refractivity contribution in [1.29, 1.82) is 0 Å². The maximum Gasteiger partial charge on any atom is 0.410 e. The van der Waals surface area contributed by atoms with Crippen LogP contribution in [0.1, 0.15) is 4.88 Å². The van der Waals surface area contributed by atoms with E-state index in [1.165, 1.54) is 11.3 Å². The Morgan fingerprint density at radius 1 is 1.79 bits per heavy atom. The molecule has 0 aromatic carbocycles. The quantitative estimate of drug-likeness (QED) is 0.561. The van der Waals surface area contributed by atoms with Gasteiger partial charge in [0.1, 0.15) is 6.61 Å². The summed E-state index contributed by atoms with van der Waals surface area (Å²) >= 11 is 1.43. The third kappa shape index (κ3) is 1.78. The molecule has 1 amide bonds. The first-order valence-corrected chi connectivity index (χ1v) is 4.94. The Balaban J connectivity index is 1.99. The number of thiazole rings is 1. The van der Waals surface area contributed by atoms with Crippen molar-refractivity contribution in [2.24, 2.45) is 5.84 Å². The van der Waals surface area contributed by atoms with E-state index >= 15 is 0 Å². The number of aromatic nitrogens is 1. The zero-order chi connectivity index (χ0) is 9.97. The number of anilines is 1. The summed E-state index contributed by atoms with van der Waals surface area (Å²) in [4.78, 5) is 17.7. The summed E-state index contributed by atoms with van der Waals surface area (Å²) in [5, 5.41) is 0.646.